The molecule has 0 spiro atoms. The molecule has 3 fully saturated rings. The molecule has 10 N–H and O–H groups in total. The lowest BCUT2D eigenvalue weighted by molar-refractivity contribution is -0.147. The highest BCUT2D eigenvalue weighted by Gasteiger charge is 2.44. The molecule has 3 aliphatic rings. The molecule has 0 aliphatic carbocycles. The number of aliphatic hydroxyl groups excluding tert-OH is 1. The predicted molar refractivity (Wildman–Crippen MR) is 211 cm³/mol. The van der Waals surface area contributed by atoms with Crippen LogP contribution in [0.3, 0.4) is 0 Å². The number of likely N-dealkylation sites (tertiary alicyclic amines) is 2. The van der Waals surface area contributed by atoms with Gasteiger partial charge in [0, 0.05) is 19.5 Å². The number of amides is 8. The molecule has 3 heterocycles. The van der Waals surface area contributed by atoms with Crippen molar-refractivity contribution in [3.8, 4) is 5.75 Å². The molecule has 8 amide bonds. The van der Waals surface area contributed by atoms with Gasteiger partial charge >= 0.3 is 5.97 Å². The van der Waals surface area contributed by atoms with Crippen LogP contribution in [0.4, 0.5) is 0 Å². The van der Waals surface area contributed by atoms with Crippen molar-refractivity contribution in [2.75, 3.05) is 45.9 Å². The number of aliphatic carboxylic acids is 1. The number of benzene rings is 1. The summed E-state index contributed by atoms with van der Waals surface area (Å²) in [4.78, 5) is 119. The fourth-order valence-electron chi connectivity index (χ4n) is 7.37. The highest BCUT2D eigenvalue weighted by atomic mass is 16.4. The van der Waals surface area contributed by atoms with E-state index in [1.54, 1.807) is 18.7 Å². The number of nitrogens with one attached hydrogen (secondary N) is 7. The molecular weight excluding hydrogens is 786 g/mol. The van der Waals surface area contributed by atoms with E-state index in [0.717, 1.165) is 13.0 Å². The van der Waals surface area contributed by atoms with Gasteiger partial charge in [0.15, 0.2) is 0 Å². The van der Waals surface area contributed by atoms with Gasteiger partial charge in [-0.15, -0.1) is 0 Å². The van der Waals surface area contributed by atoms with E-state index in [0.29, 0.717) is 57.2 Å². The third kappa shape index (κ3) is 13.1. The van der Waals surface area contributed by atoms with Gasteiger partial charge in [0.1, 0.15) is 36.0 Å². The van der Waals surface area contributed by atoms with Gasteiger partial charge in [-0.05, 0) is 68.7 Å². The number of carbonyl (C=O) groups excluding carboxylic acids is 8. The second-order valence-electron chi connectivity index (χ2n) is 15.2. The monoisotopic (exact) mass is 843 g/mol. The maximum atomic E-state index is 13.8. The van der Waals surface area contributed by atoms with Crippen molar-refractivity contribution < 1.29 is 58.5 Å². The number of rotatable bonds is 20. The summed E-state index contributed by atoms with van der Waals surface area (Å²) >= 11 is 0. The Morgan fingerprint density at radius 2 is 1.33 bits per heavy atom. The predicted octanol–water partition coefficient (Wildman–Crippen LogP) is -3.41. The molecule has 0 bridgehead atoms. The number of carboxylic acid groups (broad SMARTS) is 1. The van der Waals surface area contributed by atoms with Crippen LogP contribution < -0.4 is 37.2 Å². The number of phenolic OH excluding ortho intramolecular Hbond substituents is 1. The lowest BCUT2D eigenvalue weighted by Gasteiger charge is -2.33. The Hall–Kier alpha value is -5.83. The number of hydrogen-bond acceptors (Lipinski definition) is 12. The average molecular weight is 844 g/mol. The van der Waals surface area contributed by atoms with Gasteiger partial charge in [-0.3, -0.25) is 38.4 Å². The van der Waals surface area contributed by atoms with Crippen molar-refractivity contribution in [1.29, 1.82) is 0 Å². The van der Waals surface area contributed by atoms with Crippen LogP contribution in [0.15, 0.2) is 24.3 Å². The summed E-state index contributed by atoms with van der Waals surface area (Å²) in [7, 11) is 0. The van der Waals surface area contributed by atoms with Crippen molar-refractivity contribution in [2.24, 2.45) is 5.92 Å². The Bertz CT molecular complexity index is 1740. The smallest absolute Gasteiger partial charge is 0.326 e. The SMILES string of the molecule is CC[C@H](C)[C@H](NC(=O)[C@@H]1CCCN1C(=O)[C@@H]1CCCN1C(=O)[C@@H]1CCCN1)C(=O)N[C@@H](CO)C(=O)NCC(=O)NCC(=O)NCC(=O)N[C@@H](Cc1ccc(O)cc1)C(=O)O. The molecule has 0 unspecified atom stereocenters. The van der Waals surface area contributed by atoms with E-state index in [-0.39, 0.29) is 30.0 Å². The van der Waals surface area contributed by atoms with Gasteiger partial charge in [0.25, 0.3) is 0 Å². The molecule has 0 radical (unpaired) electrons. The van der Waals surface area contributed by atoms with E-state index in [1.165, 1.54) is 29.2 Å². The summed E-state index contributed by atoms with van der Waals surface area (Å²) in [5.74, 6) is -6.89. The van der Waals surface area contributed by atoms with Gasteiger partial charge < -0.3 is 62.3 Å². The number of carbonyl (C=O) groups is 9. The fourth-order valence-corrected chi connectivity index (χ4v) is 7.37. The highest BCUT2D eigenvalue weighted by molar-refractivity contribution is 5.97. The maximum Gasteiger partial charge on any atom is 0.326 e. The van der Waals surface area contributed by atoms with Crippen LogP contribution in [-0.2, 0) is 49.6 Å². The zero-order valence-electron chi connectivity index (χ0n) is 33.9. The standard InChI is InChI=1S/C39H57N9O12/c1-3-22(2)33(46-35(55)28-8-5-15-47(28)38(58)29-9-6-16-48(29)37(57)25-7-4-14-40-25)36(56)45-27(21-49)34(54)43-19-31(52)41-18-30(51)42-20-32(53)44-26(39(59)60)17-23-10-12-24(50)13-11-23/h10-13,22,25-29,33,40,49-50H,3-9,14-21H2,1-2H3,(H,41,52)(H,42,51)(H,43,54)(H,44,53)(H,45,56)(H,46,55)(H,59,60)/t22-,25-,26-,27-,28-,29-,33-/m0/s1. The number of carboxylic acids is 1. The van der Waals surface area contributed by atoms with Gasteiger partial charge in [-0.25, -0.2) is 4.79 Å². The topological polar surface area (TPSA) is 305 Å². The highest BCUT2D eigenvalue weighted by Crippen LogP contribution is 2.27. The average Bonchev–Trinajstić information content (AvgIpc) is 4.05. The Labute approximate surface area is 347 Å². The molecule has 7 atom stereocenters. The zero-order chi connectivity index (χ0) is 43.9. The molecule has 3 saturated heterocycles. The number of nitrogens with zero attached hydrogens (tertiary/aromatic N) is 2. The van der Waals surface area contributed by atoms with E-state index in [1.807, 2.05) is 0 Å². The third-order valence-electron chi connectivity index (χ3n) is 11.0. The van der Waals surface area contributed by atoms with Gasteiger partial charge in [-0.1, -0.05) is 32.4 Å². The first-order valence-corrected chi connectivity index (χ1v) is 20.3. The van der Waals surface area contributed by atoms with Crippen molar-refractivity contribution in [1.82, 2.24) is 47.0 Å². The van der Waals surface area contributed by atoms with Crippen LogP contribution in [-0.4, -0.2) is 160 Å². The minimum Gasteiger partial charge on any atom is -0.508 e. The second-order valence-corrected chi connectivity index (χ2v) is 15.2. The largest absolute Gasteiger partial charge is 0.508 e. The van der Waals surface area contributed by atoms with Crippen LogP contribution in [0.1, 0.15) is 64.4 Å². The Morgan fingerprint density at radius 1 is 0.733 bits per heavy atom. The molecule has 1 aromatic rings. The quantitative estimate of drug-likeness (QED) is 0.0613. The molecule has 1 aromatic carbocycles. The van der Waals surface area contributed by atoms with Crippen LogP contribution in [0.2, 0.25) is 0 Å². The fraction of sp³-hybridized carbons (Fsp3) is 0.615. The molecule has 330 valence electrons. The van der Waals surface area contributed by atoms with E-state index >= 15 is 0 Å². The minimum atomic E-state index is -1.52. The van der Waals surface area contributed by atoms with Crippen LogP contribution >= 0.6 is 0 Å². The minimum absolute atomic E-state index is 0.0111. The van der Waals surface area contributed by atoms with Gasteiger partial charge in [0.2, 0.25) is 47.3 Å². The first-order valence-electron chi connectivity index (χ1n) is 20.3. The summed E-state index contributed by atoms with van der Waals surface area (Å²) in [5, 5.41) is 46.2. The molecule has 21 nitrogen and oxygen atoms in total. The van der Waals surface area contributed by atoms with Gasteiger partial charge in [0.05, 0.1) is 32.3 Å². The van der Waals surface area contributed by atoms with E-state index in [9.17, 15) is 58.5 Å². The van der Waals surface area contributed by atoms with Crippen LogP contribution in [0, 0.1) is 5.92 Å². The molecule has 4 rings (SSSR count). The van der Waals surface area contributed by atoms with Crippen molar-refractivity contribution in [3.63, 3.8) is 0 Å². The third-order valence-corrected chi connectivity index (χ3v) is 11.0. The Kier molecular flexibility index (Phi) is 17.6. The summed E-state index contributed by atoms with van der Waals surface area (Å²) in [6.07, 6.45) is 4.01. The number of aromatic hydroxyl groups is 1. The molecule has 21 heteroatoms. The molecular formula is C39H57N9O12. The maximum absolute atomic E-state index is 13.8. The number of phenols is 1. The van der Waals surface area contributed by atoms with Crippen LogP contribution in [0.25, 0.3) is 0 Å². The summed E-state index contributed by atoms with van der Waals surface area (Å²) in [5.41, 5.74) is 0.534. The number of hydrogen-bond donors (Lipinski definition) is 10. The zero-order valence-corrected chi connectivity index (χ0v) is 33.9. The number of aliphatic hydroxyl groups is 1. The van der Waals surface area contributed by atoms with E-state index in [4.69, 9.17) is 0 Å². The van der Waals surface area contributed by atoms with Crippen molar-refractivity contribution >= 4 is 53.2 Å². The summed E-state index contributed by atoms with van der Waals surface area (Å²) in [6, 6.07) is -0.135. The normalized spacial score (nSPS) is 20.6. The van der Waals surface area contributed by atoms with Gasteiger partial charge in [-0.2, -0.15) is 0 Å². The van der Waals surface area contributed by atoms with E-state index < -0.39 is 104 Å². The molecule has 3 aliphatic heterocycles. The lowest BCUT2D eigenvalue weighted by Crippen LogP contribution is -2.60. The molecule has 0 saturated carbocycles. The molecule has 60 heavy (non-hydrogen) atoms. The Morgan fingerprint density at radius 3 is 1.92 bits per heavy atom. The molecule has 0 aromatic heterocycles. The van der Waals surface area contributed by atoms with Crippen LogP contribution in [0.5, 0.6) is 5.75 Å². The van der Waals surface area contributed by atoms with Crippen molar-refractivity contribution in [3.05, 3.63) is 29.8 Å². The first-order chi connectivity index (χ1) is 28.6. The Balaban J connectivity index is 1.22. The second kappa shape index (κ2) is 22.5. The van der Waals surface area contributed by atoms with E-state index in [2.05, 4.69) is 37.2 Å². The van der Waals surface area contributed by atoms with Crippen molar-refractivity contribution in [2.45, 2.75) is 101 Å². The lowest BCUT2D eigenvalue weighted by atomic mass is 9.97. The summed E-state index contributed by atoms with van der Waals surface area (Å²) in [6.45, 7) is 2.31. The summed E-state index contributed by atoms with van der Waals surface area (Å²) < 4.78 is 0. The first kappa shape index (κ1) is 46.9.